The molecule has 0 unspecified atom stereocenters. The lowest BCUT2D eigenvalue weighted by atomic mass is 10.0. The van der Waals surface area contributed by atoms with Crippen LogP contribution in [0.3, 0.4) is 0 Å². The summed E-state index contributed by atoms with van der Waals surface area (Å²) in [5.74, 6) is -0.567. The van der Waals surface area contributed by atoms with Crippen molar-refractivity contribution in [2.75, 3.05) is 0 Å². The number of hydrogen-bond acceptors (Lipinski definition) is 4. The van der Waals surface area contributed by atoms with E-state index in [-0.39, 0.29) is 22.1 Å². The summed E-state index contributed by atoms with van der Waals surface area (Å²) in [7, 11) is 0. The number of ether oxygens (including phenoxy) is 2. The molecular formula is C22H25ClFNO4. The molecular weight excluding hydrogens is 397 g/mol. The summed E-state index contributed by atoms with van der Waals surface area (Å²) in [6, 6.07) is 8.71. The topological polar surface area (TPSA) is 64.6 Å². The average molecular weight is 422 g/mol. The van der Waals surface area contributed by atoms with E-state index in [2.05, 4.69) is 5.32 Å². The number of rotatable bonds is 6. The monoisotopic (exact) mass is 421 g/mol. The number of nitrogens with one attached hydrogen (secondary N) is 1. The lowest BCUT2D eigenvalue weighted by Gasteiger charge is -2.24. The highest BCUT2D eigenvalue weighted by molar-refractivity contribution is 6.32. The van der Waals surface area contributed by atoms with Crippen LogP contribution in [0.1, 0.15) is 63.0 Å². The lowest BCUT2D eigenvalue weighted by molar-refractivity contribution is 0.0501. The fourth-order valence-corrected chi connectivity index (χ4v) is 2.82. The van der Waals surface area contributed by atoms with Crippen LogP contribution in [0.5, 0.6) is 11.5 Å². The predicted molar refractivity (Wildman–Crippen MR) is 110 cm³/mol. The van der Waals surface area contributed by atoms with Crippen molar-refractivity contribution in [2.45, 2.75) is 52.7 Å². The summed E-state index contributed by atoms with van der Waals surface area (Å²) < 4.78 is 26.1. The van der Waals surface area contributed by atoms with Crippen molar-refractivity contribution in [1.82, 2.24) is 5.32 Å². The zero-order valence-corrected chi connectivity index (χ0v) is 17.9. The van der Waals surface area contributed by atoms with Gasteiger partial charge in [0.15, 0.2) is 17.3 Å². The SMILES string of the molecule is CC[C@@H](NC(=O)OC(C)(C)C)c1ccc(Cl)c(Oc2ccc(C(C)=O)cc2)c1F. The number of Topliss-reactive ketones (excluding diaryl/α,β-unsaturated/α-hetero) is 1. The molecule has 2 rings (SSSR count). The molecule has 0 bridgehead atoms. The molecule has 2 aromatic carbocycles. The Morgan fingerprint density at radius 1 is 1.14 bits per heavy atom. The van der Waals surface area contributed by atoms with Crippen molar-refractivity contribution in [3.05, 3.63) is 58.4 Å². The number of carbonyl (C=O) groups is 2. The number of ketones is 1. The van der Waals surface area contributed by atoms with Gasteiger partial charge in [0.1, 0.15) is 11.4 Å². The average Bonchev–Trinajstić information content (AvgIpc) is 2.62. The van der Waals surface area contributed by atoms with Gasteiger partial charge in [-0.05, 0) is 64.4 Å². The zero-order chi connectivity index (χ0) is 21.8. The molecule has 0 aliphatic rings. The van der Waals surface area contributed by atoms with E-state index in [1.54, 1.807) is 45.0 Å². The molecule has 29 heavy (non-hydrogen) atoms. The van der Waals surface area contributed by atoms with E-state index in [0.29, 0.717) is 17.7 Å². The standard InChI is InChI=1S/C22H25ClFNO4/c1-6-18(25-21(27)29-22(3,4)5)16-11-12-17(23)20(19(16)24)28-15-9-7-14(8-10-15)13(2)26/h7-12,18H,6H2,1-5H3,(H,25,27)/t18-/m1/s1. The van der Waals surface area contributed by atoms with Crippen LogP contribution in [0.15, 0.2) is 36.4 Å². The molecule has 0 heterocycles. The van der Waals surface area contributed by atoms with Gasteiger partial charge in [0.25, 0.3) is 0 Å². The maximum atomic E-state index is 15.2. The Kier molecular flexibility index (Phi) is 7.25. The molecule has 0 spiro atoms. The van der Waals surface area contributed by atoms with Gasteiger partial charge in [0.2, 0.25) is 0 Å². The van der Waals surface area contributed by atoms with Crippen molar-refractivity contribution in [3.8, 4) is 11.5 Å². The Bertz CT molecular complexity index is 891. The van der Waals surface area contributed by atoms with Gasteiger partial charge < -0.3 is 14.8 Å². The highest BCUT2D eigenvalue weighted by Gasteiger charge is 2.24. The first kappa shape index (κ1) is 22.7. The normalized spacial score (nSPS) is 12.2. The zero-order valence-electron chi connectivity index (χ0n) is 17.1. The molecule has 156 valence electrons. The Morgan fingerprint density at radius 2 is 1.76 bits per heavy atom. The Labute approximate surface area is 175 Å². The molecule has 2 aromatic rings. The summed E-state index contributed by atoms with van der Waals surface area (Å²) in [5.41, 5.74) is 0.0877. The van der Waals surface area contributed by atoms with Gasteiger partial charge in [0, 0.05) is 11.1 Å². The first-order chi connectivity index (χ1) is 13.5. The number of benzene rings is 2. The Hall–Kier alpha value is -2.60. The molecule has 1 atom stereocenters. The van der Waals surface area contributed by atoms with E-state index in [0.717, 1.165) is 0 Å². The quantitative estimate of drug-likeness (QED) is 0.544. The van der Waals surface area contributed by atoms with Crippen LogP contribution in [0, 0.1) is 5.82 Å². The van der Waals surface area contributed by atoms with Gasteiger partial charge in [0.05, 0.1) is 11.1 Å². The van der Waals surface area contributed by atoms with Crippen molar-refractivity contribution in [2.24, 2.45) is 0 Å². The third-order valence-electron chi connectivity index (χ3n) is 4.03. The van der Waals surface area contributed by atoms with E-state index in [9.17, 15) is 9.59 Å². The fraction of sp³-hybridized carbons (Fsp3) is 0.364. The number of carbonyl (C=O) groups excluding carboxylic acids is 2. The van der Waals surface area contributed by atoms with Crippen molar-refractivity contribution in [3.63, 3.8) is 0 Å². The minimum atomic E-state index is -0.670. The van der Waals surface area contributed by atoms with Gasteiger partial charge in [-0.3, -0.25) is 4.79 Å². The van der Waals surface area contributed by atoms with Crippen LogP contribution < -0.4 is 10.1 Å². The highest BCUT2D eigenvalue weighted by atomic mass is 35.5. The second-order valence-corrected chi connectivity index (χ2v) is 7.98. The second kappa shape index (κ2) is 9.27. The molecule has 1 N–H and O–H groups in total. The van der Waals surface area contributed by atoms with E-state index in [1.807, 2.05) is 6.92 Å². The maximum absolute atomic E-state index is 15.2. The number of amides is 1. The first-order valence-electron chi connectivity index (χ1n) is 9.28. The van der Waals surface area contributed by atoms with Crippen molar-refractivity contribution in [1.29, 1.82) is 0 Å². The third-order valence-corrected chi connectivity index (χ3v) is 4.33. The number of hydrogen-bond donors (Lipinski definition) is 1. The Morgan fingerprint density at radius 3 is 2.28 bits per heavy atom. The molecule has 0 aromatic heterocycles. The Balaban J connectivity index is 2.28. The van der Waals surface area contributed by atoms with E-state index in [1.165, 1.54) is 19.1 Å². The number of halogens is 2. The summed E-state index contributed by atoms with van der Waals surface area (Å²) in [6.45, 7) is 8.52. The minimum Gasteiger partial charge on any atom is -0.453 e. The molecule has 5 nitrogen and oxygen atoms in total. The molecule has 0 radical (unpaired) electrons. The maximum Gasteiger partial charge on any atom is 0.408 e. The summed E-state index contributed by atoms with van der Waals surface area (Å²) in [4.78, 5) is 23.5. The summed E-state index contributed by atoms with van der Waals surface area (Å²) >= 11 is 6.14. The van der Waals surface area contributed by atoms with Crippen LogP contribution in [-0.4, -0.2) is 17.5 Å². The van der Waals surface area contributed by atoms with Crippen LogP contribution >= 0.6 is 11.6 Å². The largest absolute Gasteiger partial charge is 0.453 e. The van der Waals surface area contributed by atoms with Crippen molar-refractivity contribution < 1.29 is 23.5 Å². The fourth-order valence-electron chi connectivity index (χ4n) is 2.64. The lowest BCUT2D eigenvalue weighted by Crippen LogP contribution is -2.35. The van der Waals surface area contributed by atoms with Gasteiger partial charge >= 0.3 is 6.09 Å². The van der Waals surface area contributed by atoms with Crippen LogP contribution in [0.4, 0.5) is 9.18 Å². The molecule has 0 fully saturated rings. The minimum absolute atomic E-state index is 0.0817. The molecule has 1 amide bonds. The van der Waals surface area contributed by atoms with Crippen LogP contribution in [-0.2, 0) is 4.74 Å². The second-order valence-electron chi connectivity index (χ2n) is 7.57. The molecule has 0 saturated heterocycles. The smallest absolute Gasteiger partial charge is 0.408 e. The molecule has 0 saturated carbocycles. The summed E-state index contributed by atoms with van der Waals surface area (Å²) in [5, 5.41) is 2.77. The van der Waals surface area contributed by atoms with E-state index in [4.69, 9.17) is 21.1 Å². The van der Waals surface area contributed by atoms with E-state index < -0.39 is 23.6 Å². The molecule has 0 aliphatic carbocycles. The molecule has 7 heteroatoms. The molecule has 0 aliphatic heterocycles. The van der Waals surface area contributed by atoms with Crippen LogP contribution in [0.2, 0.25) is 5.02 Å². The van der Waals surface area contributed by atoms with E-state index >= 15 is 4.39 Å². The van der Waals surface area contributed by atoms with Crippen molar-refractivity contribution >= 4 is 23.5 Å². The number of alkyl carbamates (subject to hydrolysis) is 1. The highest BCUT2D eigenvalue weighted by Crippen LogP contribution is 2.36. The van der Waals surface area contributed by atoms with Gasteiger partial charge in [-0.25, -0.2) is 9.18 Å². The van der Waals surface area contributed by atoms with Gasteiger partial charge in [-0.15, -0.1) is 0 Å². The first-order valence-corrected chi connectivity index (χ1v) is 9.66. The van der Waals surface area contributed by atoms with Gasteiger partial charge in [-0.2, -0.15) is 0 Å². The van der Waals surface area contributed by atoms with Gasteiger partial charge in [-0.1, -0.05) is 24.6 Å². The van der Waals surface area contributed by atoms with Crippen LogP contribution in [0.25, 0.3) is 0 Å². The summed E-state index contributed by atoms with van der Waals surface area (Å²) in [6.07, 6.45) is -0.203. The predicted octanol–water partition coefficient (Wildman–Crippen LogP) is 6.45. The third kappa shape index (κ3) is 6.19.